The van der Waals surface area contributed by atoms with Gasteiger partial charge in [0.1, 0.15) is 13.2 Å². The molecule has 2 heterocycles. The van der Waals surface area contributed by atoms with Gasteiger partial charge in [-0.25, -0.2) is 0 Å². The van der Waals surface area contributed by atoms with E-state index in [4.69, 9.17) is 9.47 Å². The van der Waals surface area contributed by atoms with Gasteiger partial charge >= 0.3 is 0 Å². The Kier molecular flexibility index (Phi) is 5.50. The molecule has 146 valence electrons. The summed E-state index contributed by atoms with van der Waals surface area (Å²) in [5.74, 6) is 1.81. The van der Waals surface area contributed by atoms with Crippen molar-refractivity contribution in [1.82, 2.24) is 4.90 Å². The van der Waals surface area contributed by atoms with E-state index in [0.29, 0.717) is 24.9 Å². The lowest BCUT2D eigenvalue weighted by molar-refractivity contribution is -0.138. The molecule has 0 unspecified atom stereocenters. The summed E-state index contributed by atoms with van der Waals surface area (Å²) in [7, 11) is 0. The van der Waals surface area contributed by atoms with Crippen LogP contribution in [-0.4, -0.2) is 43.0 Å². The lowest BCUT2D eigenvalue weighted by Gasteiger charge is -2.33. The van der Waals surface area contributed by atoms with Gasteiger partial charge in [0.05, 0.1) is 0 Å². The Labute approximate surface area is 160 Å². The van der Waals surface area contributed by atoms with Crippen LogP contribution in [0.3, 0.4) is 0 Å². The summed E-state index contributed by atoms with van der Waals surface area (Å²) in [6, 6.07) is 5.49. The topological polar surface area (TPSA) is 67.9 Å². The number of anilines is 1. The molecular formula is C21H28N2O4. The zero-order valence-corrected chi connectivity index (χ0v) is 15.7. The van der Waals surface area contributed by atoms with E-state index < -0.39 is 0 Å². The maximum atomic E-state index is 12.7. The highest BCUT2D eigenvalue weighted by Crippen LogP contribution is 2.34. The quantitative estimate of drug-likeness (QED) is 0.885. The summed E-state index contributed by atoms with van der Waals surface area (Å²) in [4.78, 5) is 27.3. The van der Waals surface area contributed by atoms with Gasteiger partial charge < -0.3 is 19.7 Å². The van der Waals surface area contributed by atoms with Crippen molar-refractivity contribution >= 4 is 17.5 Å². The number of hydrogen-bond acceptors (Lipinski definition) is 4. The number of rotatable bonds is 3. The molecule has 27 heavy (non-hydrogen) atoms. The fraction of sp³-hybridized carbons (Fsp3) is 0.619. The van der Waals surface area contributed by atoms with Crippen molar-refractivity contribution in [3.05, 3.63) is 18.2 Å². The SMILES string of the molecule is O=C(Nc1ccc2c(c1)OCCO2)C1CCC(C(=O)N2CCCCC2)CC1. The number of fused-ring (bicyclic) bond motifs is 1. The summed E-state index contributed by atoms with van der Waals surface area (Å²) in [5.41, 5.74) is 0.732. The van der Waals surface area contributed by atoms with Gasteiger partial charge in [0.15, 0.2) is 11.5 Å². The minimum Gasteiger partial charge on any atom is -0.486 e. The van der Waals surface area contributed by atoms with Crippen molar-refractivity contribution < 1.29 is 19.1 Å². The van der Waals surface area contributed by atoms with Crippen molar-refractivity contribution in [3.8, 4) is 11.5 Å². The Morgan fingerprint density at radius 3 is 2.30 bits per heavy atom. The molecule has 6 nitrogen and oxygen atoms in total. The predicted octanol–water partition coefficient (Wildman–Crippen LogP) is 3.22. The van der Waals surface area contributed by atoms with Crippen LogP contribution >= 0.6 is 0 Å². The van der Waals surface area contributed by atoms with Gasteiger partial charge in [0.2, 0.25) is 11.8 Å². The molecule has 1 saturated heterocycles. The summed E-state index contributed by atoms with van der Waals surface area (Å²) in [6.45, 7) is 2.89. The first-order chi connectivity index (χ1) is 13.2. The number of likely N-dealkylation sites (tertiary alicyclic amines) is 1. The van der Waals surface area contributed by atoms with Gasteiger partial charge in [-0.3, -0.25) is 9.59 Å². The number of carbonyl (C=O) groups is 2. The van der Waals surface area contributed by atoms with Gasteiger partial charge in [0, 0.05) is 36.7 Å². The molecule has 0 spiro atoms. The third-order valence-corrected chi connectivity index (χ3v) is 5.92. The van der Waals surface area contributed by atoms with Crippen LogP contribution in [0.25, 0.3) is 0 Å². The maximum Gasteiger partial charge on any atom is 0.227 e. The Morgan fingerprint density at radius 2 is 1.56 bits per heavy atom. The summed E-state index contributed by atoms with van der Waals surface area (Å²) >= 11 is 0. The first-order valence-electron chi connectivity index (χ1n) is 10.2. The lowest BCUT2D eigenvalue weighted by Crippen LogP contribution is -2.41. The van der Waals surface area contributed by atoms with Crippen LogP contribution in [0, 0.1) is 11.8 Å². The largest absolute Gasteiger partial charge is 0.486 e. The van der Waals surface area contributed by atoms with E-state index in [0.717, 1.165) is 63.1 Å². The highest BCUT2D eigenvalue weighted by atomic mass is 16.6. The minimum atomic E-state index is -0.0244. The average Bonchev–Trinajstić information content (AvgIpc) is 2.74. The van der Waals surface area contributed by atoms with Crippen molar-refractivity contribution in [2.75, 3.05) is 31.6 Å². The molecule has 2 amide bonds. The number of ether oxygens (including phenoxy) is 2. The first-order valence-corrected chi connectivity index (χ1v) is 10.2. The molecule has 0 atom stereocenters. The summed E-state index contributed by atoms with van der Waals surface area (Å²) in [6.07, 6.45) is 6.67. The molecular weight excluding hydrogens is 344 g/mol. The van der Waals surface area contributed by atoms with E-state index in [1.54, 1.807) is 0 Å². The van der Waals surface area contributed by atoms with Gasteiger partial charge in [-0.2, -0.15) is 0 Å². The fourth-order valence-corrected chi connectivity index (χ4v) is 4.34. The molecule has 3 aliphatic rings. The molecule has 1 aromatic carbocycles. The molecule has 0 aromatic heterocycles. The average molecular weight is 372 g/mol. The Hall–Kier alpha value is -2.24. The standard InChI is InChI=1S/C21H28N2O4/c24-20(22-17-8-9-18-19(14-17)27-13-12-26-18)15-4-6-16(7-5-15)21(25)23-10-2-1-3-11-23/h8-9,14-16H,1-7,10-13H2,(H,22,24). The highest BCUT2D eigenvalue weighted by molar-refractivity contribution is 5.93. The molecule has 6 heteroatoms. The Bertz CT molecular complexity index is 691. The smallest absolute Gasteiger partial charge is 0.227 e. The number of piperidine rings is 1. The van der Waals surface area contributed by atoms with E-state index in [1.165, 1.54) is 6.42 Å². The summed E-state index contributed by atoms with van der Waals surface area (Å²) in [5, 5.41) is 3.00. The van der Waals surface area contributed by atoms with Crippen LogP contribution in [0.2, 0.25) is 0 Å². The fourth-order valence-electron chi connectivity index (χ4n) is 4.34. The second-order valence-corrected chi connectivity index (χ2v) is 7.78. The number of nitrogens with one attached hydrogen (secondary N) is 1. The zero-order chi connectivity index (χ0) is 18.6. The maximum absolute atomic E-state index is 12.7. The molecule has 2 fully saturated rings. The van der Waals surface area contributed by atoms with Crippen LogP contribution in [0.5, 0.6) is 11.5 Å². The monoisotopic (exact) mass is 372 g/mol. The Balaban J connectivity index is 1.29. The van der Waals surface area contributed by atoms with Gasteiger partial charge in [-0.15, -0.1) is 0 Å². The van der Waals surface area contributed by atoms with Crippen molar-refractivity contribution in [3.63, 3.8) is 0 Å². The molecule has 1 aromatic rings. The minimum absolute atomic E-state index is 0.0244. The number of nitrogens with zero attached hydrogens (tertiary/aromatic N) is 1. The second-order valence-electron chi connectivity index (χ2n) is 7.78. The van der Waals surface area contributed by atoms with Crippen molar-refractivity contribution in [1.29, 1.82) is 0 Å². The molecule has 0 bridgehead atoms. The molecule has 2 aliphatic heterocycles. The van der Waals surface area contributed by atoms with Crippen LogP contribution < -0.4 is 14.8 Å². The number of benzene rings is 1. The van der Waals surface area contributed by atoms with Gasteiger partial charge in [-0.05, 0) is 57.1 Å². The van der Waals surface area contributed by atoms with E-state index in [-0.39, 0.29) is 17.7 Å². The molecule has 4 rings (SSSR count). The predicted molar refractivity (Wildman–Crippen MR) is 102 cm³/mol. The molecule has 1 aliphatic carbocycles. The third-order valence-electron chi connectivity index (χ3n) is 5.92. The van der Waals surface area contributed by atoms with Gasteiger partial charge in [0.25, 0.3) is 0 Å². The molecule has 0 radical (unpaired) electrons. The van der Waals surface area contributed by atoms with Crippen LogP contribution in [0.15, 0.2) is 18.2 Å². The van der Waals surface area contributed by atoms with Gasteiger partial charge in [-0.1, -0.05) is 0 Å². The van der Waals surface area contributed by atoms with E-state index >= 15 is 0 Å². The second kappa shape index (κ2) is 8.19. The van der Waals surface area contributed by atoms with Crippen LogP contribution in [0.4, 0.5) is 5.69 Å². The lowest BCUT2D eigenvalue weighted by atomic mass is 9.80. The summed E-state index contributed by atoms with van der Waals surface area (Å²) < 4.78 is 11.1. The van der Waals surface area contributed by atoms with Crippen molar-refractivity contribution in [2.45, 2.75) is 44.9 Å². The molecule has 1 N–H and O–H groups in total. The number of amides is 2. The number of hydrogen-bond donors (Lipinski definition) is 1. The third kappa shape index (κ3) is 4.20. The number of carbonyl (C=O) groups excluding carboxylic acids is 2. The van der Waals surface area contributed by atoms with E-state index in [2.05, 4.69) is 5.32 Å². The highest BCUT2D eigenvalue weighted by Gasteiger charge is 2.32. The van der Waals surface area contributed by atoms with E-state index in [9.17, 15) is 9.59 Å². The first kappa shape index (κ1) is 18.1. The van der Waals surface area contributed by atoms with Crippen LogP contribution in [-0.2, 0) is 9.59 Å². The van der Waals surface area contributed by atoms with Crippen LogP contribution in [0.1, 0.15) is 44.9 Å². The van der Waals surface area contributed by atoms with E-state index in [1.807, 2.05) is 23.1 Å². The normalized spacial score (nSPS) is 25.0. The zero-order valence-electron chi connectivity index (χ0n) is 15.7. The Morgan fingerprint density at radius 1 is 0.889 bits per heavy atom. The van der Waals surface area contributed by atoms with Crippen molar-refractivity contribution in [2.24, 2.45) is 11.8 Å². The molecule has 1 saturated carbocycles.